The van der Waals surface area contributed by atoms with E-state index in [2.05, 4.69) is 6.92 Å². The number of ketones is 1. The first kappa shape index (κ1) is 18.0. The van der Waals surface area contributed by atoms with Crippen LogP contribution in [0.4, 0.5) is 4.39 Å². The lowest BCUT2D eigenvalue weighted by Gasteiger charge is -2.07. The van der Waals surface area contributed by atoms with E-state index in [1.807, 2.05) is 24.3 Å². The lowest BCUT2D eigenvalue weighted by molar-refractivity contribution is 0.101. The topological polar surface area (TPSA) is 35.5 Å². The minimum atomic E-state index is -0.281. The maximum atomic E-state index is 13.0. The molecule has 0 radical (unpaired) electrons. The molecule has 0 unspecified atom stereocenters. The Bertz CT molecular complexity index is 1030. The van der Waals surface area contributed by atoms with Crippen LogP contribution in [0.15, 0.2) is 72.5 Å². The Kier molecular flexibility index (Phi) is 4.94. The van der Waals surface area contributed by atoms with Crippen LogP contribution < -0.4 is 9.47 Å². The van der Waals surface area contributed by atoms with Crippen LogP contribution in [0.1, 0.15) is 34.0 Å². The van der Waals surface area contributed by atoms with E-state index in [1.165, 1.54) is 17.7 Å². The van der Waals surface area contributed by atoms with E-state index in [1.54, 1.807) is 36.4 Å². The first-order valence-electron chi connectivity index (χ1n) is 9.17. The number of hydrogen-bond donors (Lipinski definition) is 0. The smallest absolute Gasteiger partial charge is 0.231 e. The summed E-state index contributed by atoms with van der Waals surface area (Å²) in [5.74, 6) is 0.953. The number of allylic oxidation sites excluding steroid dienone is 1. The molecule has 0 atom stereocenters. The summed E-state index contributed by atoms with van der Waals surface area (Å²) < 4.78 is 24.5. The molecule has 3 aromatic rings. The van der Waals surface area contributed by atoms with Gasteiger partial charge in [0, 0.05) is 6.07 Å². The zero-order valence-corrected chi connectivity index (χ0v) is 15.4. The molecular formula is C24H19FO3. The van der Waals surface area contributed by atoms with Gasteiger partial charge in [-0.05, 0) is 53.5 Å². The van der Waals surface area contributed by atoms with E-state index < -0.39 is 0 Å². The Morgan fingerprint density at radius 1 is 0.964 bits per heavy atom. The average molecular weight is 374 g/mol. The van der Waals surface area contributed by atoms with Gasteiger partial charge >= 0.3 is 0 Å². The van der Waals surface area contributed by atoms with Gasteiger partial charge in [-0.2, -0.15) is 0 Å². The molecule has 0 fully saturated rings. The van der Waals surface area contributed by atoms with E-state index >= 15 is 0 Å². The lowest BCUT2D eigenvalue weighted by Crippen LogP contribution is -1.98. The minimum absolute atomic E-state index is 0.139. The third kappa shape index (κ3) is 3.81. The van der Waals surface area contributed by atoms with Crippen molar-refractivity contribution in [3.05, 3.63) is 101 Å². The SMILES string of the molecule is CCc1ccc(/C=C2/Oc3cc(OCc4ccc(F)cc4)ccc3C2=O)cc1. The Balaban J connectivity index is 1.49. The summed E-state index contributed by atoms with van der Waals surface area (Å²) in [6.07, 6.45) is 2.72. The van der Waals surface area contributed by atoms with Crippen LogP contribution in [0.25, 0.3) is 6.08 Å². The van der Waals surface area contributed by atoms with Crippen molar-refractivity contribution in [2.24, 2.45) is 0 Å². The van der Waals surface area contributed by atoms with Crippen LogP contribution in [0, 0.1) is 5.82 Å². The quantitative estimate of drug-likeness (QED) is 0.547. The first-order valence-corrected chi connectivity index (χ1v) is 9.17. The van der Waals surface area contributed by atoms with Crippen LogP contribution >= 0.6 is 0 Å². The number of halogens is 1. The zero-order chi connectivity index (χ0) is 19.5. The van der Waals surface area contributed by atoms with Gasteiger partial charge in [0.15, 0.2) is 5.76 Å². The highest BCUT2D eigenvalue weighted by Gasteiger charge is 2.27. The number of Topliss-reactive ketones (excluding diaryl/α,β-unsaturated/α-hetero) is 1. The molecule has 28 heavy (non-hydrogen) atoms. The first-order chi connectivity index (χ1) is 13.6. The Morgan fingerprint density at radius 2 is 1.68 bits per heavy atom. The summed E-state index contributed by atoms with van der Waals surface area (Å²) in [4.78, 5) is 12.6. The molecule has 0 saturated heterocycles. The molecule has 3 aromatic carbocycles. The van der Waals surface area contributed by atoms with Gasteiger partial charge in [-0.15, -0.1) is 0 Å². The number of fused-ring (bicyclic) bond motifs is 1. The zero-order valence-electron chi connectivity index (χ0n) is 15.4. The Labute approximate surface area is 163 Å². The van der Waals surface area contributed by atoms with Crippen LogP contribution in [-0.4, -0.2) is 5.78 Å². The van der Waals surface area contributed by atoms with E-state index in [0.29, 0.717) is 29.4 Å². The molecule has 1 aliphatic rings. The molecule has 1 aliphatic heterocycles. The van der Waals surface area contributed by atoms with E-state index in [9.17, 15) is 9.18 Å². The summed E-state index contributed by atoms with van der Waals surface area (Å²) in [6.45, 7) is 2.41. The number of hydrogen-bond acceptors (Lipinski definition) is 3. The molecule has 140 valence electrons. The molecule has 3 nitrogen and oxygen atoms in total. The second kappa shape index (κ2) is 7.69. The molecule has 4 rings (SSSR count). The molecule has 0 aromatic heterocycles. The second-order valence-electron chi connectivity index (χ2n) is 6.61. The van der Waals surface area contributed by atoms with E-state index in [-0.39, 0.29) is 11.6 Å². The third-order valence-corrected chi connectivity index (χ3v) is 4.65. The van der Waals surface area contributed by atoms with Crippen molar-refractivity contribution >= 4 is 11.9 Å². The van der Waals surface area contributed by atoms with E-state index in [4.69, 9.17) is 9.47 Å². The van der Waals surface area contributed by atoms with Crippen LogP contribution in [0.2, 0.25) is 0 Å². The van der Waals surface area contributed by atoms with Crippen molar-refractivity contribution in [1.82, 2.24) is 0 Å². The van der Waals surface area contributed by atoms with Crippen molar-refractivity contribution < 1.29 is 18.7 Å². The van der Waals surface area contributed by atoms with Gasteiger partial charge in [-0.1, -0.05) is 43.3 Å². The molecule has 1 heterocycles. The highest BCUT2D eigenvalue weighted by molar-refractivity contribution is 6.14. The number of carbonyl (C=O) groups is 1. The van der Waals surface area contributed by atoms with Crippen molar-refractivity contribution in [1.29, 1.82) is 0 Å². The lowest BCUT2D eigenvalue weighted by atomic mass is 10.1. The minimum Gasteiger partial charge on any atom is -0.489 e. The van der Waals surface area contributed by atoms with Crippen LogP contribution in [0.3, 0.4) is 0 Å². The molecule has 0 aliphatic carbocycles. The second-order valence-corrected chi connectivity index (χ2v) is 6.61. The standard InChI is InChI=1S/C24H19FO3/c1-2-16-3-5-17(6-4-16)13-23-24(26)21-12-11-20(14-22(21)28-23)27-15-18-7-9-19(25)10-8-18/h3-14H,2,15H2,1H3/b23-13+. The average Bonchev–Trinajstić information content (AvgIpc) is 3.03. The predicted molar refractivity (Wildman–Crippen MR) is 106 cm³/mol. The third-order valence-electron chi connectivity index (χ3n) is 4.65. The maximum absolute atomic E-state index is 13.0. The number of benzene rings is 3. The number of aryl methyl sites for hydroxylation is 1. The molecule has 0 N–H and O–H groups in total. The molecule has 0 bridgehead atoms. The summed E-state index contributed by atoms with van der Waals surface area (Å²) in [7, 11) is 0. The Hall–Kier alpha value is -3.40. The van der Waals surface area contributed by atoms with Gasteiger partial charge < -0.3 is 9.47 Å². The van der Waals surface area contributed by atoms with Crippen LogP contribution in [-0.2, 0) is 13.0 Å². The summed E-state index contributed by atoms with van der Waals surface area (Å²) in [6, 6.07) is 19.3. The fourth-order valence-electron chi connectivity index (χ4n) is 3.01. The molecule has 0 spiro atoms. The van der Waals surface area contributed by atoms with Crippen molar-refractivity contribution in [2.75, 3.05) is 0 Å². The normalized spacial score (nSPS) is 14.1. The van der Waals surface area contributed by atoms with Gasteiger partial charge in [0.05, 0.1) is 5.56 Å². The largest absolute Gasteiger partial charge is 0.489 e. The number of carbonyl (C=O) groups excluding carboxylic acids is 1. The highest BCUT2D eigenvalue weighted by atomic mass is 19.1. The van der Waals surface area contributed by atoms with Gasteiger partial charge in [-0.25, -0.2) is 4.39 Å². The maximum Gasteiger partial charge on any atom is 0.231 e. The summed E-state index contributed by atoms with van der Waals surface area (Å²) >= 11 is 0. The highest BCUT2D eigenvalue weighted by Crippen LogP contribution is 2.35. The monoisotopic (exact) mass is 374 g/mol. The number of rotatable bonds is 5. The van der Waals surface area contributed by atoms with Gasteiger partial charge in [0.2, 0.25) is 5.78 Å². The molecule has 4 heteroatoms. The van der Waals surface area contributed by atoms with Crippen molar-refractivity contribution in [3.63, 3.8) is 0 Å². The summed E-state index contributed by atoms with van der Waals surface area (Å²) in [5.41, 5.74) is 3.54. The summed E-state index contributed by atoms with van der Waals surface area (Å²) in [5, 5.41) is 0. The van der Waals surface area contributed by atoms with E-state index in [0.717, 1.165) is 17.5 Å². The molecule has 0 saturated carbocycles. The fraction of sp³-hybridized carbons (Fsp3) is 0.125. The van der Waals surface area contributed by atoms with Gasteiger partial charge in [-0.3, -0.25) is 4.79 Å². The van der Waals surface area contributed by atoms with Crippen molar-refractivity contribution in [3.8, 4) is 11.5 Å². The predicted octanol–water partition coefficient (Wildman–Crippen LogP) is 5.58. The number of ether oxygens (including phenoxy) is 2. The van der Waals surface area contributed by atoms with Gasteiger partial charge in [0.25, 0.3) is 0 Å². The molecular weight excluding hydrogens is 355 g/mol. The molecule has 0 amide bonds. The Morgan fingerprint density at radius 3 is 2.39 bits per heavy atom. The van der Waals surface area contributed by atoms with Crippen molar-refractivity contribution in [2.45, 2.75) is 20.0 Å². The fourth-order valence-corrected chi connectivity index (χ4v) is 3.01. The van der Waals surface area contributed by atoms with Crippen LogP contribution in [0.5, 0.6) is 11.5 Å². The van der Waals surface area contributed by atoms with Gasteiger partial charge in [0.1, 0.15) is 23.9 Å².